The van der Waals surface area contributed by atoms with E-state index in [0.717, 1.165) is 37.0 Å². The van der Waals surface area contributed by atoms with Crippen LogP contribution in [0.25, 0.3) is 0 Å². The molecule has 1 heterocycles. The van der Waals surface area contributed by atoms with Crippen LogP contribution in [0.1, 0.15) is 77.4 Å². The second kappa shape index (κ2) is 6.91. The lowest BCUT2D eigenvalue weighted by atomic mass is 9.70. The van der Waals surface area contributed by atoms with E-state index in [1.54, 1.807) is 0 Å². The molecular formula is C17H31N3O. The van der Waals surface area contributed by atoms with Crippen LogP contribution in [0.2, 0.25) is 0 Å². The van der Waals surface area contributed by atoms with Crippen molar-refractivity contribution in [2.75, 3.05) is 6.54 Å². The van der Waals surface area contributed by atoms with E-state index < -0.39 is 0 Å². The Balaban J connectivity index is 1.85. The Kier molecular flexibility index (Phi) is 5.42. The van der Waals surface area contributed by atoms with Crippen molar-refractivity contribution >= 4 is 0 Å². The van der Waals surface area contributed by atoms with Gasteiger partial charge in [-0.25, -0.2) is 0 Å². The van der Waals surface area contributed by atoms with Crippen LogP contribution in [-0.4, -0.2) is 16.7 Å². The number of aromatic nitrogens is 2. The lowest BCUT2D eigenvalue weighted by Crippen LogP contribution is -2.25. The Bertz CT molecular complexity index is 427. The van der Waals surface area contributed by atoms with Gasteiger partial charge in [0.1, 0.15) is 0 Å². The summed E-state index contributed by atoms with van der Waals surface area (Å²) in [7, 11) is 0. The molecule has 21 heavy (non-hydrogen) atoms. The summed E-state index contributed by atoms with van der Waals surface area (Å²) in [5, 5.41) is 4.21. The van der Waals surface area contributed by atoms with E-state index in [0.29, 0.717) is 17.3 Å². The first kappa shape index (κ1) is 16.5. The molecule has 0 spiro atoms. The molecule has 0 saturated heterocycles. The zero-order valence-corrected chi connectivity index (χ0v) is 14.1. The fraction of sp³-hybridized carbons (Fsp3) is 0.882. The molecule has 2 N–H and O–H groups in total. The maximum absolute atomic E-state index is 5.64. The van der Waals surface area contributed by atoms with Gasteiger partial charge in [-0.1, -0.05) is 32.9 Å². The number of hydrogen-bond donors (Lipinski definition) is 1. The number of nitrogens with zero attached hydrogens (tertiary/aromatic N) is 2. The maximum Gasteiger partial charge on any atom is 0.226 e. The van der Waals surface area contributed by atoms with Crippen LogP contribution in [0.3, 0.4) is 0 Å². The second-order valence-corrected chi connectivity index (χ2v) is 7.84. The standard InChI is InChI=1S/C17H31N3O/c1-12(11-18)5-10-15-19-16(20-21-15)13-6-8-14(9-7-13)17(2,3)4/h12-14H,5-11,18H2,1-4H3. The predicted octanol–water partition coefficient (Wildman–Crippen LogP) is 3.92. The molecule has 4 heteroatoms. The molecule has 4 nitrogen and oxygen atoms in total. The van der Waals surface area contributed by atoms with Crippen molar-refractivity contribution in [3.63, 3.8) is 0 Å². The van der Waals surface area contributed by atoms with Crippen molar-refractivity contribution in [3.8, 4) is 0 Å². The molecule has 1 aliphatic rings. The summed E-state index contributed by atoms with van der Waals surface area (Å²) in [6, 6.07) is 0. The van der Waals surface area contributed by atoms with E-state index in [-0.39, 0.29) is 0 Å². The Morgan fingerprint density at radius 2 is 1.90 bits per heavy atom. The summed E-state index contributed by atoms with van der Waals surface area (Å²) in [6.45, 7) is 9.93. The highest BCUT2D eigenvalue weighted by Gasteiger charge is 2.31. The van der Waals surface area contributed by atoms with Crippen LogP contribution in [0.15, 0.2) is 4.52 Å². The highest BCUT2D eigenvalue weighted by Crippen LogP contribution is 2.42. The monoisotopic (exact) mass is 293 g/mol. The van der Waals surface area contributed by atoms with Crippen LogP contribution >= 0.6 is 0 Å². The molecule has 0 amide bonds. The third-order valence-electron chi connectivity index (χ3n) is 5.05. The van der Waals surface area contributed by atoms with E-state index >= 15 is 0 Å². The van der Waals surface area contributed by atoms with Gasteiger partial charge in [0, 0.05) is 12.3 Å². The molecule has 1 unspecified atom stereocenters. The number of rotatable bonds is 5. The van der Waals surface area contributed by atoms with Gasteiger partial charge < -0.3 is 10.3 Å². The summed E-state index contributed by atoms with van der Waals surface area (Å²) < 4.78 is 5.40. The zero-order valence-electron chi connectivity index (χ0n) is 14.1. The van der Waals surface area contributed by atoms with E-state index in [2.05, 4.69) is 37.8 Å². The lowest BCUT2D eigenvalue weighted by Gasteiger charge is -2.36. The van der Waals surface area contributed by atoms with Gasteiger partial charge >= 0.3 is 0 Å². The van der Waals surface area contributed by atoms with Gasteiger partial charge in [-0.15, -0.1) is 0 Å². The highest BCUT2D eigenvalue weighted by atomic mass is 16.5. The SMILES string of the molecule is CC(CN)CCc1nc(C2CCC(C(C)(C)C)CC2)no1. The molecule has 0 aliphatic heterocycles. The summed E-state index contributed by atoms with van der Waals surface area (Å²) in [4.78, 5) is 4.61. The fourth-order valence-corrected chi connectivity index (χ4v) is 3.24. The van der Waals surface area contributed by atoms with Gasteiger partial charge in [-0.2, -0.15) is 4.98 Å². The smallest absolute Gasteiger partial charge is 0.226 e. The third kappa shape index (κ3) is 4.53. The molecule has 0 bridgehead atoms. The minimum absolute atomic E-state index is 0.422. The van der Waals surface area contributed by atoms with E-state index in [9.17, 15) is 0 Å². The topological polar surface area (TPSA) is 64.9 Å². The molecule has 120 valence electrons. The molecule has 1 aromatic rings. The van der Waals surface area contributed by atoms with Crippen LogP contribution < -0.4 is 5.73 Å². The first-order valence-electron chi connectivity index (χ1n) is 8.42. The number of aryl methyl sites for hydroxylation is 1. The summed E-state index contributed by atoms with van der Waals surface area (Å²) in [6.07, 6.45) is 6.82. The maximum atomic E-state index is 5.64. The minimum Gasteiger partial charge on any atom is -0.339 e. The van der Waals surface area contributed by atoms with Crippen LogP contribution in [0, 0.1) is 17.3 Å². The van der Waals surface area contributed by atoms with Gasteiger partial charge in [0.2, 0.25) is 5.89 Å². The largest absolute Gasteiger partial charge is 0.339 e. The van der Waals surface area contributed by atoms with Crippen molar-refractivity contribution < 1.29 is 4.52 Å². The van der Waals surface area contributed by atoms with Gasteiger partial charge in [0.15, 0.2) is 5.82 Å². The zero-order chi connectivity index (χ0) is 15.5. The first-order valence-corrected chi connectivity index (χ1v) is 8.42. The van der Waals surface area contributed by atoms with Crippen LogP contribution in [-0.2, 0) is 6.42 Å². The van der Waals surface area contributed by atoms with E-state index in [1.165, 1.54) is 25.7 Å². The Hall–Kier alpha value is -0.900. The van der Waals surface area contributed by atoms with E-state index in [4.69, 9.17) is 10.3 Å². The molecule has 0 radical (unpaired) electrons. The van der Waals surface area contributed by atoms with Gasteiger partial charge in [0.05, 0.1) is 0 Å². The van der Waals surface area contributed by atoms with Crippen LogP contribution in [0.5, 0.6) is 0 Å². The minimum atomic E-state index is 0.422. The first-order chi connectivity index (χ1) is 9.90. The lowest BCUT2D eigenvalue weighted by molar-refractivity contribution is 0.166. The van der Waals surface area contributed by atoms with Crippen molar-refractivity contribution in [2.45, 2.75) is 72.1 Å². The van der Waals surface area contributed by atoms with Gasteiger partial charge in [0.25, 0.3) is 0 Å². The summed E-state index contributed by atoms with van der Waals surface area (Å²) >= 11 is 0. The van der Waals surface area contributed by atoms with Crippen molar-refractivity contribution in [2.24, 2.45) is 23.0 Å². The van der Waals surface area contributed by atoms with Crippen molar-refractivity contribution in [1.29, 1.82) is 0 Å². The highest BCUT2D eigenvalue weighted by molar-refractivity contribution is 4.99. The molecule has 0 aromatic carbocycles. The number of nitrogens with two attached hydrogens (primary N) is 1. The predicted molar refractivity (Wildman–Crippen MR) is 85.0 cm³/mol. The molecule has 1 atom stereocenters. The quantitative estimate of drug-likeness (QED) is 0.893. The Morgan fingerprint density at radius 1 is 1.24 bits per heavy atom. The van der Waals surface area contributed by atoms with E-state index in [1.807, 2.05) is 0 Å². The molecule has 1 fully saturated rings. The fourth-order valence-electron chi connectivity index (χ4n) is 3.24. The van der Waals surface area contributed by atoms with Gasteiger partial charge in [-0.05, 0) is 55.9 Å². The summed E-state index contributed by atoms with van der Waals surface area (Å²) in [5.41, 5.74) is 6.06. The number of hydrogen-bond acceptors (Lipinski definition) is 4. The normalized spacial score (nSPS) is 25.0. The average Bonchev–Trinajstić information content (AvgIpc) is 2.93. The molecular weight excluding hydrogens is 262 g/mol. The van der Waals surface area contributed by atoms with Crippen molar-refractivity contribution in [1.82, 2.24) is 10.1 Å². The Labute approximate surface area is 128 Å². The molecule has 1 saturated carbocycles. The molecule has 2 rings (SSSR count). The van der Waals surface area contributed by atoms with Gasteiger partial charge in [-0.3, -0.25) is 0 Å². The molecule has 1 aromatic heterocycles. The average molecular weight is 293 g/mol. The molecule has 1 aliphatic carbocycles. The van der Waals surface area contributed by atoms with Crippen molar-refractivity contribution in [3.05, 3.63) is 11.7 Å². The third-order valence-corrected chi connectivity index (χ3v) is 5.05. The van der Waals surface area contributed by atoms with Crippen LogP contribution in [0.4, 0.5) is 0 Å². The Morgan fingerprint density at radius 3 is 2.48 bits per heavy atom. The summed E-state index contributed by atoms with van der Waals surface area (Å²) in [5.74, 6) is 3.54. The second-order valence-electron chi connectivity index (χ2n) is 7.84.